The van der Waals surface area contributed by atoms with Crippen LogP contribution in [0.5, 0.6) is 0 Å². The normalized spacial score (nSPS) is 14.5. The lowest BCUT2D eigenvalue weighted by Crippen LogP contribution is -2.23. The number of anilines is 3. The fraction of sp³-hybridized carbons (Fsp3) is 0.462. The van der Waals surface area contributed by atoms with Crippen molar-refractivity contribution < 1.29 is 0 Å². The molecule has 0 spiro atoms. The molecule has 1 aliphatic rings. The van der Waals surface area contributed by atoms with E-state index >= 15 is 0 Å². The van der Waals surface area contributed by atoms with Gasteiger partial charge in [0.25, 0.3) is 0 Å². The van der Waals surface area contributed by atoms with E-state index in [4.69, 9.17) is 5.84 Å². The molecule has 0 aliphatic carbocycles. The highest BCUT2D eigenvalue weighted by molar-refractivity contribution is 7.08. The van der Waals surface area contributed by atoms with Crippen LogP contribution in [0.1, 0.15) is 24.0 Å². The van der Waals surface area contributed by atoms with Gasteiger partial charge in [0.2, 0.25) is 17.8 Å². The van der Waals surface area contributed by atoms with Crippen molar-refractivity contribution in [2.75, 3.05) is 28.7 Å². The average Bonchev–Trinajstić information content (AvgIpc) is 3.16. The molecule has 0 amide bonds. The third kappa shape index (κ3) is 3.22. The predicted octanol–water partition coefficient (Wildman–Crippen LogP) is 1.74. The summed E-state index contributed by atoms with van der Waals surface area (Å²) in [6.45, 7) is 4.76. The Morgan fingerprint density at radius 1 is 1.19 bits per heavy atom. The van der Waals surface area contributed by atoms with Gasteiger partial charge in [-0.2, -0.15) is 26.3 Å². The summed E-state index contributed by atoms with van der Waals surface area (Å²) in [5.74, 6) is 7.07. The minimum Gasteiger partial charge on any atom is -0.350 e. The van der Waals surface area contributed by atoms with Crippen LogP contribution in [0.15, 0.2) is 10.8 Å². The molecular weight excluding hydrogens is 286 g/mol. The van der Waals surface area contributed by atoms with Crippen LogP contribution in [0.25, 0.3) is 0 Å². The molecule has 2 aromatic heterocycles. The SMILES string of the molecule is Cc1cscc1CNc1nc(NN)nc(N2CCCC2)n1. The summed E-state index contributed by atoms with van der Waals surface area (Å²) >= 11 is 1.70. The highest BCUT2D eigenvalue weighted by Gasteiger charge is 2.17. The summed E-state index contributed by atoms with van der Waals surface area (Å²) in [5.41, 5.74) is 5.04. The van der Waals surface area contributed by atoms with E-state index in [2.05, 4.69) is 48.3 Å². The molecule has 4 N–H and O–H groups in total. The van der Waals surface area contributed by atoms with E-state index in [1.807, 2.05) is 0 Å². The number of nitrogen functional groups attached to an aromatic ring is 1. The van der Waals surface area contributed by atoms with Crippen LogP contribution in [0.4, 0.5) is 17.8 Å². The number of rotatable bonds is 5. The summed E-state index contributed by atoms with van der Waals surface area (Å²) < 4.78 is 0. The molecule has 0 aromatic carbocycles. The highest BCUT2D eigenvalue weighted by Crippen LogP contribution is 2.19. The number of hydrogen-bond donors (Lipinski definition) is 3. The van der Waals surface area contributed by atoms with Crippen LogP contribution in [0, 0.1) is 6.92 Å². The molecule has 1 saturated heterocycles. The Balaban J connectivity index is 1.77. The fourth-order valence-corrected chi connectivity index (χ4v) is 3.17. The van der Waals surface area contributed by atoms with Gasteiger partial charge in [-0.15, -0.1) is 0 Å². The first-order valence-electron chi connectivity index (χ1n) is 6.99. The van der Waals surface area contributed by atoms with Gasteiger partial charge in [0, 0.05) is 19.6 Å². The van der Waals surface area contributed by atoms with Gasteiger partial charge in [0.1, 0.15) is 0 Å². The van der Waals surface area contributed by atoms with Gasteiger partial charge < -0.3 is 10.2 Å². The number of nitrogens with one attached hydrogen (secondary N) is 2. The number of hydrogen-bond acceptors (Lipinski definition) is 8. The number of aromatic nitrogens is 3. The predicted molar refractivity (Wildman–Crippen MR) is 85.5 cm³/mol. The van der Waals surface area contributed by atoms with E-state index < -0.39 is 0 Å². The third-order valence-corrected chi connectivity index (χ3v) is 4.45. The van der Waals surface area contributed by atoms with Gasteiger partial charge in [-0.1, -0.05) is 0 Å². The lowest BCUT2D eigenvalue weighted by Gasteiger charge is -2.16. The fourth-order valence-electron chi connectivity index (χ4n) is 2.31. The van der Waals surface area contributed by atoms with Crippen molar-refractivity contribution >= 4 is 29.2 Å². The van der Waals surface area contributed by atoms with E-state index in [-0.39, 0.29) is 0 Å². The molecule has 7 nitrogen and oxygen atoms in total. The van der Waals surface area contributed by atoms with Crippen LogP contribution in [-0.2, 0) is 6.54 Å². The second-order valence-corrected chi connectivity index (χ2v) is 5.80. The van der Waals surface area contributed by atoms with Crippen molar-refractivity contribution in [2.45, 2.75) is 26.3 Å². The monoisotopic (exact) mass is 305 g/mol. The zero-order chi connectivity index (χ0) is 14.7. The van der Waals surface area contributed by atoms with Crippen molar-refractivity contribution in [1.29, 1.82) is 0 Å². The maximum Gasteiger partial charge on any atom is 0.243 e. The van der Waals surface area contributed by atoms with Crippen LogP contribution < -0.4 is 21.5 Å². The Hall–Kier alpha value is -1.93. The van der Waals surface area contributed by atoms with Gasteiger partial charge in [0.05, 0.1) is 0 Å². The molecule has 0 atom stereocenters. The minimum absolute atomic E-state index is 0.386. The van der Waals surface area contributed by atoms with E-state index in [1.165, 1.54) is 24.0 Å². The second-order valence-electron chi connectivity index (χ2n) is 5.05. The lowest BCUT2D eigenvalue weighted by atomic mass is 10.2. The number of nitrogens with zero attached hydrogens (tertiary/aromatic N) is 4. The van der Waals surface area contributed by atoms with E-state index in [0.717, 1.165) is 13.1 Å². The van der Waals surface area contributed by atoms with Crippen LogP contribution in [0.2, 0.25) is 0 Å². The first-order chi connectivity index (χ1) is 10.3. The van der Waals surface area contributed by atoms with Crippen molar-refractivity contribution in [3.63, 3.8) is 0 Å². The Bertz CT molecular complexity index is 606. The van der Waals surface area contributed by atoms with Gasteiger partial charge in [0.15, 0.2) is 0 Å². The quantitative estimate of drug-likeness (QED) is 0.572. The Morgan fingerprint density at radius 3 is 2.62 bits per heavy atom. The zero-order valence-electron chi connectivity index (χ0n) is 12.0. The summed E-state index contributed by atoms with van der Waals surface area (Å²) in [6, 6.07) is 0. The van der Waals surface area contributed by atoms with Crippen molar-refractivity contribution in [1.82, 2.24) is 15.0 Å². The summed E-state index contributed by atoms with van der Waals surface area (Å²) in [4.78, 5) is 15.2. The molecule has 112 valence electrons. The largest absolute Gasteiger partial charge is 0.350 e. The van der Waals surface area contributed by atoms with Crippen LogP contribution >= 0.6 is 11.3 Å². The summed E-state index contributed by atoms with van der Waals surface area (Å²) in [6.07, 6.45) is 2.35. The maximum absolute atomic E-state index is 5.45. The average molecular weight is 305 g/mol. The third-order valence-electron chi connectivity index (χ3n) is 3.54. The Morgan fingerprint density at radius 2 is 1.95 bits per heavy atom. The van der Waals surface area contributed by atoms with Crippen molar-refractivity contribution in [3.8, 4) is 0 Å². The van der Waals surface area contributed by atoms with E-state index in [9.17, 15) is 0 Å². The molecule has 21 heavy (non-hydrogen) atoms. The van der Waals surface area contributed by atoms with Gasteiger partial charge >= 0.3 is 0 Å². The van der Waals surface area contributed by atoms with E-state index in [1.54, 1.807) is 11.3 Å². The summed E-state index contributed by atoms with van der Waals surface area (Å²) in [5, 5.41) is 7.51. The smallest absolute Gasteiger partial charge is 0.243 e. The molecule has 8 heteroatoms. The van der Waals surface area contributed by atoms with Crippen LogP contribution in [0.3, 0.4) is 0 Å². The van der Waals surface area contributed by atoms with E-state index in [0.29, 0.717) is 24.4 Å². The van der Waals surface area contributed by atoms with Gasteiger partial charge in [-0.25, -0.2) is 5.84 Å². The number of thiophene rings is 1. The maximum atomic E-state index is 5.45. The van der Waals surface area contributed by atoms with Crippen molar-refractivity contribution in [2.24, 2.45) is 5.84 Å². The minimum atomic E-state index is 0.386. The zero-order valence-corrected chi connectivity index (χ0v) is 12.8. The molecule has 0 unspecified atom stereocenters. The molecule has 0 bridgehead atoms. The summed E-state index contributed by atoms with van der Waals surface area (Å²) in [7, 11) is 0. The second kappa shape index (κ2) is 6.23. The molecule has 2 aromatic rings. The van der Waals surface area contributed by atoms with Gasteiger partial charge in [-0.3, -0.25) is 5.43 Å². The van der Waals surface area contributed by atoms with Gasteiger partial charge in [-0.05, 0) is 41.7 Å². The molecule has 3 heterocycles. The molecule has 1 aliphatic heterocycles. The Labute approximate surface area is 127 Å². The molecular formula is C13H19N7S. The molecule has 1 fully saturated rings. The standard InChI is InChI=1S/C13H19N7S/c1-9-7-21-8-10(9)6-15-11-16-12(19-14)18-13(17-11)20-4-2-3-5-20/h7-8H,2-6,14H2,1H3,(H2,15,16,17,18,19). The number of aryl methyl sites for hydroxylation is 1. The molecule has 0 saturated carbocycles. The lowest BCUT2D eigenvalue weighted by molar-refractivity contribution is 0.876. The first kappa shape index (κ1) is 14.0. The molecule has 0 radical (unpaired) electrons. The highest BCUT2D eigenvalue weighted by atomic mass is 32.1. The molecule has 3 rings (SSSR count). The topological polar surface area (TPSA) is 92.0 Å². The Kier molecular flexibility index (Phi) is 4.16. The van der Waals surface area contributed by atoms with Crippen molar-refractivity contribution in [3.05, 3.63) is 21.9 Å². The van der Waals surface area contributed by atoms with Crippen LogP contribution in [-0.4, -0.2) is 28.0 Å². The number of nitrogens with two attached hydrogens (primary N) is 1. The first-order valence-corrected chi connectivity index (χ1v) is 7.94. The number of hydrazine groups is 1.